The number of aryl methyl sites for hydroxylation is 2. The largest absolute Gasteiger partial charge is 0.493 e. The summed E-state index contributed by atoms with van der Waals surface area (Å²) in [4.78, 5) is 14.3. The normalized spacial score (nSPS) is 25.8. The van der Waals surface area contributed by atoms with E-state index < -0.39 is 0 Å². The van der Waals surface area contributed by atoms with Crippen LogP contribution in [0.2, 0.25) is 0 Å². The summed E-state index contributed by atoms with van der Waals surface area (Å²) < 4.78 is 5.81. The number of rotatable bonds is 3. The molecular formula is C19H28N2O3. The molecule has 24 heavy (non-hydrogen) atoms. The molecule has 0 saturated heterocycles. The lowest BCUT2D eigenvalue weighted by Crippen LogP contribution is -2.43. The minimum atomic E-state index is -0.269. The summed E-state index contributed by atoms with van der Waals surface area (Å²) in [5.74, 6) is 1.11. The van der Waals surface area contributed by atoms with Crippen molar-refractivity contribution in [2.45, 2.75) is 51.7 Å². The third-order valence-corrected chi connectivity index (χ3v) is 5.25. The zero-order valence-electron chi connectivity index (χ0n) is 14.8. The first kappa shape index (κ1) is 17.1. The summed E-state index contributed by atoms with van der Waals surface area (Å²) in [6.07, 6.45) is 3.41. The van der Waals surface area contributed by atoms with Crippen molar-refractivity contribution in [3.05, 3.63) is 28.8 Å². The first-order chi connectivity index (χ1) is 11.5. The number of aliphatic hydroxyl groups excluding tert-OH is 1. The first-order valence-electron chi connectivity index (χ1n) is 8.89. The van der Waals surface area contributed by atoms with Crippen LogP contribution in [-0.2, 0) is 0 Å². The van der Waals surface area contributed by atoms with Crippen molar-refractivity contribution in [1.29, 1.82) is 0 Å². The second kappa shape index (κ2) is 7.01. The molecule has 3 atom stereocenters. The monoisotopic (exact) mass is 332 g/mol. The van der Waals surface area contributed by atoms with Gasteiger partial charge in [0, 0.05) is 31.5 Å². The molecule has 1 aliphatic carbocycles. The molecule has 2 N–H and O–H groups in total. The van der Waals surface area contributed by atoms with E-state index in [0.29, 0.717) is 13.2 Å². The maximum Gasteiger partial charge on any atom is 0.317 e. The van der Waals surface area contributed by atoms with Gasteiger partial charge in [-0.1, -0.05) is 24.1 Å². The van der Waals surface area contributed by atoms with Gasteiger partial charge in [0.2, 0.25) is 0 Å². The lowest BCUT2D eigenvalue weighted by atomic mass is 9.96. The highest BCUT2D eigenvalue weighted by atomic mass is 16.5. The van der Waals surface area contributed by atoms with Crippen molar-refractivity contribution in [2.24, 2.45) is 5.92 Å². The smallest absolute Gasteiger partial charge is 0.317 e. The Bertz CT molecular complexity index is 617. The number of hydrogen-bond acceptors (Lipinski definition) is 3. The molecule has 5 heteroatoms. The number of urea groups is 1. The van der Waals surface area contributed by atoms with Gasteiger partial charge in [-0.25, -0.2) is 4.79 Å². The van der Waals surface area contributed by atoms with Gasteiger partial charge < -0.3 is 20.1 Å². The van der Waals surface area contributed by atoms with E-state index in [4.69, 9.17) is 4.74 Å². The van der Waals surface area contributed by atoms with E-state index in [9.17, 15) is 9.90 Å². The highest BCUT2D eigenvalue weighted by Gasteiger charge is 2.29. The summed E-state index contributed by atoms with van der Waals surface area (Å²) in [7, 11) is 1.81. The van der Waals surface area contributed by atoms with E-state index >= 15 is 0 Å². The molecule has 1 aliphatic heterocycles. The molecule has 132 valence electrons. The molecule has 0 bridgehead atoms. The van der Waals surface area contributed by atoms with Gasteiger partial charge in [0.15, 0.2) is 0 Å². The zero-order chi connectivity index (χ0) is 17.3. The summed E-state index contributed by atoms with van der Waals surface area (Å²) in [5, 5.41) is 13.1. The average molecular weight is 332 g/mol. The van der Waals surface area contributed by atoms with Crippen molar-refractivity contribution < 1.29 is 14.6 Å². The number of fused-ring (bicyclic) bond motifs is 1. The van der Waals surface area contributed by atoms with Crippen LogP contribution in [-0.4, -0.2) is 42.3 Å². The van der Waals surface area contributed by atoms with E-state index in [1.54, 1.807) is 4.90 Å². The fraction of sp³-hybridized carbons (Fsp3) is 0.632. The third kappa shape index (κ3) is 3.51. The molecule has 0 aromatic heterocycles. The Kier molecular flexibility index (Phi) is 4.99. The molecule has 5 nitrogen and oxygen atoms in total. The number of nitrogens with zero attached hydrogens (tertiary/aromatic N) is 1. The van der Waals surface area contributed by atoms with Gasteiger partial charge in [-0.2, -0.15) is 0 Å². The number of nitrogens with one attached hydrogen (secondary N) is 1. The van der Waals surface area contributed by atoms with E-state index in [-0.39, 0.29) is 24.1 Å². The quantitative estimate of drug-likeness (QED) is 0.894. The van der Waals surface area contributed by atoms with Gasteiger partial charge in [-0.15, -0.1) is 0 Å². The molecule has 1 aromatic rings. The zero-order valence-corrected chi connectivity index (χ0v) is 14.8. The van der Waals surface area contributed by atoms with Gasteiger partial charge in [0.1, 0.15) is 5.75 Å². The molecule has 2 aliphatic rings. The molecule has 0 unspecified atom stereocenters. The van der Waals surface area contributed by atoms with Crippen LogP contribution in [0.25, 0.3) is 0 Å². The highest BCUT2D eigenvalue weighted by molar-refractivity contribution is 5.74. The number of ether oxygens (including phenoxy) is 1. The van der Waals surface area contributed by atoms with Crippen LogP contribution in [0.15, 0.2) is 12.1 Å². The second-order valence-corrected chi connectivity index (χ2v) is 7.28. The maximum atomic E-state index is 12.6. The number of carbonyl (C=O) groups excluding carboxylic acids is 1. The fourth-order valence-electron chi connectivity index (χ4n) is 3.95. The second-order valence-electron chi connectivity index (χ2n) is 7.28. The highest BCUT2D eigenvalue weighted by Crippen LogP contribution is 2.35. The number of hydrogen-bond donors (Lipinski definition) is 2. The van der Waals surface area contributed by atoms with Gasteiger partial charge >= 0.3 is 6.03 Å². The van der Waals surface area contributed by atoms with Crippen molar-refractivity contribution in [3.63, 3.8) is 0 Å². The number of benzene rings is 1. The molecule has 0 radical (unpaired) electrons. The summed E-state index contributed by atoms with van der Waals surface area (Å²) in [6.45, 7) is 5.33. The van der Waals surface area contributed by atoms with Crippen molar-refractivity contribution in [3.8, 4) is 5.75 Å². The van der Waals surface area contributed by atoms with Crippen LogP contribution in [0.5, 0.6) is 5.75 Å². The van der Waals surface area contributed by atoms with E-state index in [0.717, 1.165) is 42.6 Å². The summed E-state index contributed by atoms with van der Waals surface area (Å²) in [5.41, 5.74) is 3.37. The predicted molar refractivity (Wildman–Crippen MR) is 93.3 cm³/mol. The SMILES string of the molecule is Cc1cc(C)c2c(c1)[C@H](NC(=O)N(C)C[C@H]1CCC[C@@H]1O)CCO2. The standard InChI is InChI=1S/C19H28N2O3/c1-12-9-13(2)18-15(10-12)16(7-8-24-18)20-19(23)21(3)11-14-5-4-6-17(14)22/h9-10,14,16-17,22H,4-8,11H2,1-3H3,(H,20,23)/t14-,16-,17+/m1/s1. The average Bonchev–Trinajstić information content (AvgIpc) is 2.93. The maximum absolute atomic E-state index is 12.6. The van der Waals surface area contributed by atoms with Gasteiger partial charge in [-0.05, 0) is 32.3 Å². The van der Waals surface area contributed by atoms with Gasteiger partial charge in [0.05, 0.1) is 18.8 Å². The minimum absolute atomic E-state index is 0.0178. The molecule has 0 spiro atoms. The minimum Gasteiger partial charge on any atom is -0.493 e. The fourth-order valence-corrected chi connectivity index (χ4v) is 3.95. The van der Waals surface area contributed by atoms with Gasteiger partial charge in [-0.3, -0.25) is 0 Å². The lowest BCUT2D eigenvalue weighted by molar-refractivity contribution is 0.113. The Morgan fingerprint density at radius 3 is 2.83 bits per heavy atom. The lowest BCUT2D eigenvalue weighted by Gasteiger charge is -2.31. The van der Waals surface area contributed by atoms with Crippen molar-refractivity contribution in [2.75, 3.05) is 20.2 Å². The Labute approximate surface area is 144 Å². The number of amides is 2. The molecule has 1 fully saturated rings. The molecule has 1 aromatic carbocycles. The molecule has 2 amide bonds. The van der Waals surface area contributed by atoms with Crippen molar-refractivity contribution >= 4 is 6.03 Å². The Balaban J connectivity index is 1.67. The third-order valence-electron chi connectivity index (χ3n) is 5.25. The molecule has 1 heterocycles. The van der Waals surface area contributed by atoms with E-state index in [1.807, 2.05) is 14.0 Å². The van der Waals surface area contributed by atoms with Crippen LogP contribution in [0.1, 0.15) is 48.4 Å². The topological polar surface area (TPSA) is 61.8 Å². The van der Waals surface area contributed by atoms with Crippen molar-refractivity contribution in [1.82, 2.24) is 10.2 Å². The van der Waals surface area contributed by atoms with E-state index in [2.05, 4.69) is 24.4 Å². The molecule has 1 saturated carbocycles. The summed E-state index contributed by atoms with van der Waals surface area (Å²) in [6, 6.07) is 4.12. The van der Waals surface area contributed by atoms with Crippen LogP contribution in [0.4, 0.5) is 4.79 Å². The molecular weight excluding hydrogens is 304 g/mol. The van der Waals surface area contributed by atoms with Crippen LogP contribution in [0.3, 0.4) is 0 Å². The van der Waals surface area contributed by atoms with Crippen LogP contribution < -0.4 is 10.1 Å². The Morgan fingerprint density at radius 2 is 2.12 bits per heavy atom. The number of carbonyl (C=O) groups is 1. The summed E-state index contributed by atoms with van der Waals surface area (Å²) >= 11 is 0. The van der Waals surface area contributed by atoms with Gasteiger partial charge in [0.25, 0.3) is 0 Å². The van der Waals surface area contributed by atoms with Crippen LogP contribution in [0, 0.1) is 19.8 Å². The number of aliphatic hydroxyl groups is 1. The first-order valence-corrected chi connectivity index (χ1v) is 8.89. The van der Waals surface area contributed by atoms with Crippen LogP contribution >= 0.6 is 0 Å². The molecule has 3 rings (SSSR count). The van der Waals surface area contributed by atoms with E-state index in [1.165, 1.54) is 5.56 Å². The Hall–Kier alpha value is -1.75. The Morgan fingerprint density at radius 1 is 1.33 bits per heavy atom. The predicted octanol–water partition coefficient (Wildman–Crippen LogP) is 2.93.